The summed E-state index contributed by atoms with van der Waals surface area (Å²) in [6.07, 6.45) is 0. The van der Waals surface area contributed by atoms with Crippen molar-refractivity contribution in [1.29, 1.82) is 0 Å². The van der Waals surface area contributed by atoms with Crippen LogP contribution in [0.25, 0.3) is 11.3 Å². The van der Waals surface area contributed by atoms with Gasteiger partial charge >= 0.3 is 0 Å². The van der Waals surface area contributed by atoms with Crippen LogP contribution in [0.15, 0.2) is 22.8 Å². The van der Waals surface area contributed by atoms with Crippen LogP contribution in [0, 0.1) is 6.92 Å². The van der Waals surface area contributed by atoms with Gasteiger partial charge in [-0.3, -0.25) is 0 Å². The Morgan fingerprint density at radius 3 is 2.35 bits per heavy atom. The van der Waals surface area contributed by atoms with Crippen LogP contribution < -0.4 is 4.74 Å². The molecule has 0 fully saturated rings. The largest absolute Gasteiger partial charge is 0.496 e. The van der Waals surface area contributed by atoms with Crippen LogP contribution in [0.1, 0.15) is 32.2 Å². The maximum absolute atomic E-state index is 5.50. The van der Waals surface area contributed by atoms with Crippen molar-refractivity contribution < 1.29 is 4.74 Å². The lowest BCUT2D eigenvalue weighted by Crippen LogP contribution is -2.11. The molecule has 0 bridgehead atoms. The molecule has 3 nitrogen and oxygen atoms in total. The first kappa shape index (κ1) is 15.1. The zero-order valence-electron chi connectivity index (χ0n) is 12.9. The molecule has 0 aliphatic carbocycles. The summed E-state index contributed by atoms with van der Waals surface area (Å²) in [5.41, 5.74) is 3.31. The van der Waals surface area contributed by atoms with Crippen molar-refractivity contribution in [3.05, 3.63) is 34.2 Å². The SMILES string of the molecule is COc1ccc(C(C)(C)C)cc1-c1nc(C)n(C)c1Br. The van der Waals surface area contributed by atoms with Crippen LogP contribution in [-0.4, -0.2) is 16.7 Å². The molecule has 1 heterocycles. The molecule has 4 heteroatoms. The topological polar surface area (TPSA) is 27.1 Å². The molecule has 1 aromatic heterocycles. The smallest absolute Gasteiger partial charge is 0.128 e. The lowest BCUT2D eigenvalue weighted by molar-refractivity contribution is 0.415. The second kappa shape index (κ2) is 5.24. The van der Waals surface area contributed by atoms with Crippen molar-refractivity contribution in [3.63, 3.8) is 0 Å². The minimum Gasteiger partial charge on any atom is -0.496 e. The van der Waals surface area contributed by atoms with Crippen molar-refractivity contribution in [2.45, 2.75) is 33.1 Å². The van der Waals surface area contributed by atoms with Crippen molar-refractivity contribution >= 4 is 15.9 Å². The number of hydrogen-bond donors (Lipinski definition) is 0. The van der Waals surface area contributed by atoms with Crippen molar-refractivity contribution in [3.8, 4) is 17.0 Å². The Labute approximate surface area is 129 Å². The molecular formula is C16H21BrN2O. The van der Waals surface area contributed by atoms with Gasteiger partial charge in [0.2, 0.25) is 0 Å². The number of imidazole rings is 1. The average Bonchev–Trinajstić information content (AvgIpc) is 2.64. The van der Waals surface area contributed by atoms with Crippen LogP contribution >= 0.6 is 15.9 Å². The quantitative estimate of drug-likeness (QED) is 0.809. The Balaban J connectivity index is 2.67. The third-order valence-corrected chi connectivity index (χ3v) is 4.48. The number of hydrogen-bond acceptors (Lipinski definition) is 2. The van der Waals surface area contributed by atoms with Crippen LogP contribution in [-0.2, 0) is 12.5 Å². The molecule has 0 aliphatic rings. The van der Waals surface area contributed by atoms with Gasteiger partial charge in [0.25, 0.3) is 0 Å². The van der Waals surface area contributed by atoms with E-state index in [0.717, 1.165) is 27.4 Å². The van der Waals surface area contributed by atoms with Gasteiger partial charge in [-0.25, -0.2) is 4.98 Å². The molecule has 0 amide bonds. The van der Waals surface area contributed by atoms with Crippen molar-refractivity contribution in [2.75, 3.05) is 7.11 Å². The summed E-state index contributed by atoms with van der Waals surface area (Å²) in [5.74, 6) is 1.81. The first-order valence-electron chi connectivity index (χ1n) is 6.63. The summed E-state index contributed by atoms with van der Waals surface area (Å²) in [6.45, 7) is 8.61. The highest BCUT2D eigenvalue weighted by atomic mass is 79.9. The van der Waals surface area contributed by atoms with Gasteiger partial charge in [0.1, 0.15) is 21.9 Å². The molecule has 20 heavy (non-hydrogen) atoms. The van der Waals surface area contributed by atoms with Gasteiger partial charge in [-0.1, -0.05) is 26.8 Å². The zero-order chi connectivity index (χ0) is 15.1. The second-order valence-corrected chi connectivity index (χ2v) is 6.77. The van der Waals surface area contributed by atoms with E-state index in [-0.39, 0.29) is 5.41 Å². The van der Waals surface area contributed by atoms with Gasteiger partial charge < -0.3 is 9.30 Å². The highest BCUT2D eigenvalue weighted by molar-refractivity contribution is 9.10. The number of aryl methyl sites for hydroxylation is 1. The molecule has 2 rings (SSSR count). The molecular weight excluding hydrogens is 316 g/mol. The van der Waals surface area contributed by atoms with Gasteiger partial charge in [0.05, 0.1) is 7.11 Å². The fourth-order valence-corrected chi connectivity index (χ4v) is 2.67. The molecule has 0 saturated heterocycles. The average molecular weight is 337 g/mol. The molecule has 0 spiro atoms. The highest BCUT2D eigenvalue weighted by Gasteiger charge is 2.20. The van der Waals surface area contributed by atoms with Crippen molar-refractivity contribution in [2.24, 2.45) is 7.05 Å². The Morgan fingerprint density at radius 2 is 1.90 bits per heavy atom. The van der Waals surface area contributed by atoms with Gasteiger partial charge in [0, 0.05) is 12.6 Å². The van der Waals surface area contributed by atoms with Gasteiger partial charge in [-0.15, -0.1) is 0 Å². The summed E-state index contributed by atoms with van der Waals surface area (Å²) in [5, 5.41) is 0. The van der Waals surface area contributed by atoms with E-state index in [9.17, 15) is 0 Å². The first-order valence-corrected chi connectivity index (χ1v) is 7.42. The Hall–Kier alpha value is -1.29. The van der Waals surface area contributed by atoms with E-state index in [1.807, 2.05) is 24.6 Å². The highest BCUT2D eigenvalue weighted by Crippen LogP contribution is 2.37. The van der Waals surface area contributed by atoms with Crippen LogP contribution in [0.2, 0.25) is 0 Å². The number of rotatable bonds is 2. The number of benzene rings is 1. The fourth-order valence-electron chi connectivity index (χ4n) is 2.11. The Kier molecular flexibility index (Phi) is 3.96. The number of methoxy groups -OCH3 is 1. The van der Waals surface area contributed by atoms with Crippen molar-refractivity contribution in [1.82, 2.24) is 9.55 Å². The number of aromatic nitrogens is 2. The monoisotopic (exact) mass is 336 g/mol. The molecule has 0 aliphatic heterocycles. The molecule has 0 N–H and O–H groups in total. The van der Waals surface area contributed by atoms with E-state index >= 15 is 0 Å². The lowest BCUT2D eigenvalue weighted by Gasteiger charge is -2.20. The van der Waals surface area contributed by atoms with Gasteiger partial charge in [-0.05, 0) is 46.0 Å². The fraction of sp³-hybridized carbons (Fsp3) is 0.438. The molecule has 0 unspecified atom stereocenters. The zero-order valence-corrected chi connectivity index (χ0v) is 14.5. The predicted molar refractivity (Wildman–Crippen MR) is 86.3 cm³/mol. The van der Waals surface area contributed by atoms with E-state index in [0.29, 0.717) is 0 Å². The molecule has 2 aromatic rings. The predicted octanol–water partition coefficient (Wildman–Crippen LogP) is 4.46. The normalized spacial score (nSPS) is 11.8. The first-order chi connectivity index (χ1) is 9.25. The van der Waals surface area contributed by atoms with E-state index in [1.165, 1.54) is 5.56 Å². The van der Waals surface area contributed by atoms with E-state index in [1.54, 1.807) is 7.11 Å². The summed E-state index contributed by atoms with van der Waals surface area (Å²) in [7, 11) is 3.69. The summed E-state index contributed by atoms with van der Waals surface area (Å²) < 4.78 is 8.50. The minimum absolute atomic E-state index is 0.0946. The van der Waals surface area contributed by atoms with E-state index < -0.39 is 0 Å². The molecule has 0 saturated carbocycles. The number of ether oxygens (including phenoxy) is 1. The number of halogens is 1. The number of nitrogens with zero attached hydrogens (tertiary/aromatic N) is 2. The van der Waals surface area contributed by atoms with Crippen LogP contribution in [0.5, 0.6) is 5.75 Å². The molecule has 0 radical (unpaired) electrons. The molecule has 108 valence electrons. The molecule has 1 aromatic carbocycles. The second-order valence-electron chi connectivity index (χ2n) is 6.02. The van der Waals surface area contributed by atoms with E-state index in [2.05, 4.69) is 53.8 Å². The lowest BCUT2D eigenvalue weighted by atomic mass is 9.86. The third kappa shape index (κ3) is 2.62. The maximum Gasteiger partial charge on any atom is 0.128 e. The minimum atomic E-state index is 0.0946. The molecule has 0 atom stereocenters. The standard InChI is InChI=1S/C16H21BrN2O/c1-10-18-14(15(17)19(10)5)12-9-11(16(2,3)4)7-8-13(12)20-6/h7-9H,1-6H3. The van der Waals surface area contributed by atoms with Gasteiger partial charge in [0.15, 0.2) is 0 Å². The Morgan fingerprint density at radius 1 is 1.25 bits per heavy atom. The summed E-state index contributed by atoms with van der Waals surface area (Å²) in [6, 6.07) is 6.31. The Bertz CT molecular complexity index is 639. The summed E-state index contributed by atoms with van der Waals surface area (Å²) >= 11 is 3.62. The van der Waals surface area contributed by atoms with Crippen LogP contribution in [0.4, 0.5) is 0 Å². The van der Waals surface area contributed by atoms with Crippen LogP contribution in [0.3, 0.4) is 0 Å². The summed E-state index contributed by atoms with van der Waals surface area (Å²) in [4.78, 5) is 4.65. The third-order valence-electron chi connectivity index (χ3n) is 3.57. The maximum atomic E-state index is 5.50. The van der Waals surface area contributed by atoms with Gasteiger partial charge in [-0.2, -0.15) is 0 Å². The van der Waals surface area contributed by atoms with E-state index in [4.69, 9.17) is 4.74 Å².